The molecular formula is C13H34N4P2. The van der Waals surface area contributed by atoms with Crippen LogP contribution in [-0.2, 0) is 0 Å². The van der Waals surface area contributed by atoms with Crippen molar-refractivity contribution in [2.75, 3.05) is 39.5 Å². The second kappa shape index (κ2) is 7.00. The number of nitrogens with zero attached hydrogens (tertiary/aromatic N) is 3. The van der Waals surface area contributed by atoms with Crippen molar-refractivity contribution in [3.05, 3.63) is 0 Å². The number of nitrogens with one attached hydrogen (secondary N) is 1. The van der Waals surface area contributed by atoms with Crippen LogP contribution in [0.1, 0.15) is 41.0 Å². The molecule has 0 atom stereocenters. The molecule has 1 fully saturated rings. The summed E-state index contributed by atoms with van der Waals surface area (Å²) >= 11 is 0. The van der Waals surface area contributed by atoms with E-state index < -0.39 is 15.6 Å². The molecule has 0 bridgehead atoms. The van der Waals surface area contributed by atoms with E-state index in [2.05, 4.69) is 63.1 Å². The molecule has 1 saturated heterocycles. The first-order valence-corrected chi connectivity index (χ1v) is 11.2. The Hall–Kier alpha value is 0.540. The van der Waals surface area contributed by atoms with Gasteiger partial charge >= 0.3 is 121 Å². The molecule has 1 aliphatic rings. The zero-order valence-corrected chi connectivity index (χ0v) is 15.9. The summed E-state index contributed by atoms with van der Waals surface area (Å²) in [6.07, 6.45) is 3.73. The topological polar surface area (TPSA) is 30.9 Å². The molecular weight excluding hydrogens is 274 g/mol. The molecule has 0 aromatic heterocycles. The van der Waals surface area contributed by atoms with Gasteiger partial charge in [-0.2, -0.15) is 0 Å². The Morgan fingerprint density at radius 3 is 1.95 bits per heavy atom. The SMILES string of the molecule is CC[PH](CC)=N[PH]1(NC(C)(C)C)N(C)CCCN1C. The first kappa shape index (κ1) is 17.6. The molecule has 0 unspecified atom stereocenters. The average molecular weight is 308 g/mol. The van der Waals surface area contributed by atoms with Gasteiger partial charge in [-0.3, -0.25) is 0 Å². The monoisotopic (exact) mass is 308 g/mol. The van der Waals surface area contributed by atoms with Crippen molar-refractivity contribution in [2.24, 2.45) is 4.52 Å². The van der Waals surface area contributed by atoms with Crippen molar-refractivity contribution in [3.8, 4) is 0 Å². The number of hydrogen-bond donors (Lipinski definition) is 1. The second-order valence-corrected chi connectivity index (χ2v) is 13.1. The van der Waals surface area contributed by atoms with Crippen LogP contribution in [-0.4, -0.2) is 54.4 Å². The van der Waals surface area contributed by atoms with Crippen LogP contribution < -0.4 is 5.09 Å². The van der Waals surface area contributed by atoms with Gasteiger partial charge in [0.05, 0.1) is 0 Å². The molecule has 0 radical (unpaired) electrons. The van der Waals surface area contributed by atoms with Crippen molar-refractivity contribution >= 4 is 15.6 Å². The van der Waals surface area contributed by atoms with Crippen molar-refractivity contribution in [3.63, 3.8) is 0 Å². The van der Waals surface area contributed by atoms with Gasteiger partial charge in [-0.1, -0.05) is 0 Å². The minimum atomic E-state index is -2.04. The quantitative estimate of drug-likeness (QED) is 0.807. The van der Waals surface area contributed by atoms with Crippen LogP contribution in [0.2, 0.25) is 0 Å². The van der Waals surface area contributed by atoms with Crippen LogP contribution in [0, 0.1) is 0 Å². The van der Waals surface area contributed by atoms with E-state index in [0.717, 1.165) is 0 Å². The second-order valence-electron chi connectivity index (χ2n) is 6.59. The van der Waals surface area contributed by atoms with Gasteiger partial charge in [-0.25, -0.2) is 0 Å². The van der Waals surface area contributed by atoms with Crippen molar-refractivity contribution in [2.45, 2.75) is 46.6 Å². The molecule has 1 aliphatic heterocycles. The predicted molar refractivity (Wildman–Crippen MR) is 92.9 cm³/mol. The molecule has 0 amide bonds. The Morgan fingerprint density at radius 2 is 1.58 bits per heavy atom. The molecule has 0 aromatic rings. The third kappa shape index (κ3) is 4.51. The van der Waals surface area contributed by atoms with Crippen LogP contribution >= 0.6 is 15.6 Å². The van der Waals surface area contributed by atoms with Crippen molar-refractivity contribution in [1.29, 1.82) is 0 Å². The van der Waals surface area contributed by atoms with Crippen LogP contribution in [0.4, 0.5) is 0 Å². The van der Waals surface area contributed by atoms with E-state index in [1.807, 2.05) is 0 Å². The summed E-state index contributed by atoms with van der Waals surface area (Å²) in [4.78, 5) is 0. The molecule has 1 rings (SSSR count). The summed E-state index contributed by atoms with van der Waals surface area (Å²) in [5.74, 6) is 0. The van der Waals surface area contributed by atoms with Crippen LogP contribution in [0.5, 0.6) is 0 Å². The van der Waals surface area contributed by atoms with Gasteiger partial charge in [0.15, 0.2) is 0 Å². The zero-order chi connectivity index (χ0) is 14.7. The van der Waals surface area contributed by atoms with Crippen LogP contribution in [0.25, 0.3) is 0 Å². The average Bonchev–Trinajstić information content (AvgIpc) is 2.31. The molecule has 1 N–H and O–H groups in total. The van der Waals surface area contributed by atoms with E-state index in [0.29, 0.717) is 0 Å². The third-order valence-electron chi connectivity index (χ3n) is 3.72. The first-order chi connectivity index (χ1) is 8.75. The normalized spacial score (nSPS) is 23.6. The van der Waals surface area contributed by atoms with Gasteiger partial charge in [0, 0.05) is 0 Å². The summed E-state index contributed by atoms with van der Waals surface area (Å²) < 4.78 is 10.5. The van der Waals surface area contributed by atoms with E-state index in [-0.39, 0.29) is 5.54 Å². The Kier molecular flexibility index (Phi) is 6.48. The molecule has 0 aromatic carbocycles. The summed E-state index contributed by atoms with van der Waals surface area (Å²) in [6.45, 7) is 13.7. The van der Waals surface area contributed by atoms with E-state index in [1.165, 1.54) is 31.8 Å². The van der Waals surface area contributed by atoms with E-state index in [4.69, 9.17) is 4.52 Å². The van der Waals surface area contributed by atoms with Crippen molar-refractivity contribution in [1.82, 2.24) is 14.4 Å². The Morgan fingerprint density at radius 1 is 1.11 bits per heavy atom. The van der Waals surface area contributed by atoms with Crippen LogP contribution in [0.3, 0.4) is 0 Å². The summed E-state index contributed by atoms with van der Waals surface area (Å²) in [7, 11) is 1.90. The minimum absolute atomic E-state index is 0.115. The molecule has 6 heteroatoms. The fourth-order valence-corrected chi connectivity index (χ4v) is 10.7. The summed E-state index contributed by atoms with van der Waals surface area (Å²) in [5.41, 5.74) is 0.115. The molecule has 19 heavy (non-hydrogen) atoms. The van der Waals surface area contributed by atoms with Gasteiger partial charge < -0.3 is 0 Å². The maximum absolute atomic E-state index is 5.43. The Balaban J connectivity index is 3.18. The van der Waals surface area contributed by atoms with Gasteiger partial charge in [0.2, 0.25) is 0 Å². The molecule has 116 valence electrons. The van der Waals surface area contributed by atoms with Crippen LogP contribution in [0.15, 0.2) is 4.52 Å². The number of rotatable bonds is 4. The molecule has 0 saturated carbocycles. The molecule has 4 nitrogen and oxygen atoms in total. The fraction of sp³-hybridized carbons (Fsp3) is 1.00. The zero-order valence-electron chi connectivity index (χ0n) is 13.9. The molecule has 0 aliphatic carbocycles. The van der Waals surface area contributed by atoms with E-state index >= 15 is 0 Å². The van der Waals surface area contributed by atoms with E-state index in [1.54, 1.807) is 0 Å². The number of hydrogen-bond acceptors (Lipinski definition) is 4. The standard InChI is InChI=1S/C13H34N4P2/c1-8-18(9-2)15-19(14-13(3,4)5)16(6)11-10-12-17(19)7/h14,18-19H,8-12H2,1-7H3. The van der Waals surface area contributed by atoms with E-state index in [9.17, 15) is 0 Å². The Bertz CT molecular complexity index is 309. The third-order valence-corrected chi connectivity index (χ3v) is 11.5. The summed E-state index contributed by atoms with van der Waals surface area (Å²) in [5, 5.41) is 3.92. The fourth-order valence-electron chi connectivity index (χ4n) is 2.67. The predicted octanol–water partition coefficient (Wildman–Crippen LogP) is 3.49. The summed E-state index contributed by atoms with van der Waals surface area (Å²) in [6, 6.07) is 0. The van der Waals surface area contributed by atoms with Gasteiger partial charge in [0.1, 0.15) is 0 Å². The van der Waals surface area contributed by atoms with Gasteiger partial charge in [0.25, 0.3) is 0 Å². The van der Waals surface area contributed by atoms with Gasteiger partial charge in [-0.15, -0.1) is 0 Å². The Labute approximate surface area is 121 Å². The maximum atomic E-state index is 5.43. The van der Waals surface area contributed by atoms with Gasteiger partial charge in [-0.05, 0) is 0 Å². The molecule has 1 heterocycles. The molecule has 0 spiro atoms. The van der Waals surface area contributed by atoms with Crippen molar-refractivity contribution < 1.29 is 0 Å². The first-order valence-electron chi connectivity index (χ1n) is 7.54.